The fraction of sp³-hybridized carbons (Fsp3) is 0.714. The second-order valence-corrected chi connectivity index (χ2v) is 5.91. The predicted octanol–water partition coefficient (Wildman–Crippen LogP) is 2.47. The van der Waals surface area contributed by atoms with Crippen molar-refractivity contribution in [1.29, 1.82) is 0 Å². The van der Waals surface area contributed by atoms with Crippen LogP contribution in [-0.2, 0) is 0 Å². The number of nitrogens with two attached hydrogens (primary N) is 1. The molecule has 0 fully saturated rings. The van der Waals surface area contributed by atoms with E-state index < -0.39 is 0 Å². The van der Waals surface area contributed by atoms with E-state index >= 15 is 0 Å². The minimum Gasteiger partial charge on any atom is -0.369 e. The maximum Gasteiger partial charge on any atom is 0.131 e. The minimum atomic E-state index is 0.106. The SMILES string of the molecule is CCCC(C)(C)CNc1cc(NCC(C)N)ncn1. The Hall–Kier alpha value is -1.36. The molecule has 0 aliphatic rings. The van der Waals surface area contributed by atoms with Crippen LogP contribution >= 0.6 is 0 Å². The first-order valence-electron chi connectivity index (χ1n) is 6.98. The van der Waals surface area contributed by atoms with E-state index in [1.807, 2.05) is 13.0 Å². The quantitative estimate of drug-likeness (QED) is 0.673. The summed E-state index contributed by atoms with van der Waals surface area (Å²) in [4.78, 5) is 8.41. The fourth-order valence-electron chi connectivity index (χ4n) is 1.91. The van der Waals surface area contributed by atoms with Crippen LogP contribution in [0.25, 0.3) is 0 Å². The van der Waals surface area contributed by atoms with Crippen molar-refractivity contribution in [2.45, 2.75) is 46.6 Å². The highest BCUT2D eigenvalue weighted by Crippen LogP contribution is 2.22. The second-order valence-electron chi connectivity index (χ2n) is 5.91. The number of hydrogen-bond acceptors (Lipinski definition) is 5. The van der Waals surface area contributed by atoms with E-state index in [1.54, 1.807) is 6.33 Å². The predicted molar refractivity (Wildman–Crippen MR) is 81.3 cm³/mol. The van der Waals surface area contributed by atoms with Gasteiger partial charge in [0.05, 0.1) is 0 Å². The Labute approximate surface area is 116 Å². The lowest BCUT2D eigenvalue weighted by molar-refractivity contribution is 0.354. The highest BCUT2D eigenvalue weighted by molar-refractivity contribution is 5.46. The van der Waals surface area contributed by atoms with Gasteiger partial charge in [-0.25, -0.2) is 9.97 Å². The lowest BCUT2D eigenvalue weighted by Gasteiger charge is -2.24. The van der Waals surface area contributed by atoms with Gasteiger partial charge in [0.2, 0.25) is 0 Å². The van der Waals surface area contributed by atoms with Crippen LogP contribution in [0.5, 0.6) is 0 Å². The maximum atomic E-state index is 5.71. The molecule has 1 aromatic rings. The number of aromatic nitrogens is 2. The lowest BCUT2D eigenvalue weighted by Crippen LogP contribution is -2.26. The van der Waals surface area contributed by atoms with E-state index in [1.165, 1.54) is 12.8 Å². The summed E-state index contributed by atoms with van der Waals surface area (Å²) >= 11 is 0. The molecule has 0 spiro atoms. The molecule has 1 heterocycles. The summed E-state index contributed by atoms with van der Waals surface area (Å²) in [6.45, 7) is 10.3. The fourth-order valence-corrected chi connectivity index (χ4v) is 1.91. The van der Waals surface area contributed by atoms with Gasteiger partial charge in [0.1, 0.15) is 18.0 Å². The maximum absolute atomic E-state index is 5.71. The topological polar surface area (TPSA) is 75.9 Å². The first-order valence-corrected chi connectivity index (χ1v) is 6.98. The Morgan fingerprint density at radius 1 is 1.26 bits per heavy atom. The van der Waals surface area contributed by atoms with Crippen LogP contribution in [0.3, 0.4) is 0 Å². The van der Waals surface area contributed by atoms with Crippen molar-refractivity contribution < 1.29 is 0 Å². The van der Waals surface area contributed by atoms with Gasteiger partial charge in [0.25, 0.3) is 0 Å². The Morgan fingerprint density at radius 3 is 2.47 bits per heavy atom. The monoisotopic (exact) mass is 265 g/mol. The molecule has 0 radical (unpaired) electrons. The average molecular weight is 265 g/mol. The standard InChI is InChI=1S/C14H27N5/c1-5-6-14(3,4)9-17-13-7-12(18-10-19-13)16-8-11(2)15/h7,10-11H,5-6,8-9,15H2,1-4H3,(H2,16,17,18,19). The smallest absolute Gasteiger partial charge is 0.131 e. The molecular formula is C14H27N5. The van der Waals surface area contributed by atoms with Crippen LogP contribution in [0.4, 0.5) is 11.6 Å². The van der Waals surface area contributed by atoms with Gasteiger partial charge in [-0.2, -0.15) is 0 Å². The van der Waals surface area contributed by atoms with Gasteiger partial charge >= 0.3 is 0 Å². The molecule has 5 heteroatoms. The summed E-state index contributed by atoms with van der Waals surface area (Å²) in [6.07, 6.45) is 3.96. The molecule has 0 bridgehead atoms. The number of nitrogens with one attached hydrogen (secondary N) is 2. The lowest BCUT2D eigenvalue weighted by atomic mass is 9.88. The van der Waals surface area contributed by atoms with Crippen molar-refractivity contribution in [2.24, 2.45) is 11.1 Å². The summed E-state index contributed by atoms with van der Waals surface area (Å²) < 4.78 is 0. The molecule has 1 atom stereocenters. The molecule has 0 aromatic carbocycles. The molecule has 4 N–H and O–H groups in total. The third kappa shape index (κ3) is 6.38. The Kier molecular flexibility index (Phi) is 6.02. The molecule has 1 unspecified atom stereocenters. The van der Waals surface area contributed by atoms with Gasteiger partial charge in [0.15, 0.2) is 0 Å². The highest BCUT2D eigenvalue weighted by Gasteiger charge is 2.16. The molecule has 19 heavy (non-hydrogen) atoms. The number of anilines is 2. The van der Waals surface area contributed by atoms with Gasteiger partial charge < -0.3 is 16.4 Å². The van der Waals surface area contributed by atoms with Crippen LogP contribution in [0.2, 0.25) is 0 Å². The van der Waals surface area contributed by atoms with E-state index in [9.17, 15) is 0 Å². The Morgan fingerprint density at radius 2 is 1.89 bits per heavy atom. The van der Waals surface area contributed by atoms with Crippen molar-refractivity contribution in [3.8, 4) is 0 Å². The molecule has 5 nitrogen and oxygen atoms in total. The van der Waals surface area contributed by atoms with Crippen LogP contribution in [0, 0.1) is 5.41 Å². The molecule has 1 rings (SSSR count). The number of rotatable bonds is 8. The zero-order valence-corrected chi connectivity index (χ0v) is 12.5. The Balaban J connectivity index is 2.52. The van der Waals surface area contributed by atoms with Gasteiger partial charge in [-0.15, -0.1) is 0 Å². The molecule has 0 aliphatic heterocycles. The van der Waals surface area contributed by atoms with Crippen molar-refractivity contribution in [2.75, 3.05) is 23.7 Å². The molecule has 1 aromatic heterocycles. The van der Waals surface area contributed by atoms with E-state index in [0.29, 0.717) is 6.54 Å². The summed E-state index contributed by atoms with van der Waals surface area (Å²) in [6, 6.07) is 2.03. The zero-order valence-electron chi connectivity index (χ0n) is 12.5. The van der Waals surface area contributed by atoms with Crippen molar-refractivity contribution >= 4 is 11.6 Å². The van der Waals surface area contributed by atoms with E-state index in [0.717, 1.165) is 18.2 Å². The molecule has 0 saturated carbocycles. The minimum absolute atomic E-state index is 0.106. The van der Waals surface area contributed by atoms with Crippen LogP contribution < -0.4 is 16.4 Å². The van der Waals surface area contributed by atoms with Gasteiger partial charge in [-0.1, -0.05) is 27.2 Å². The summed E-state index contributed by atoms with van der Waals surface area (Å²) in [5.41, 5.74) is 5.98. The van der Waals surface area contributed by atoms with Crippen molar-refractivity contribution in [3.63, 3.8) is 0 Å². The molecule has 0 aliphatic carbocycles. The summed E-state index contributed by atoms with van der Waals surface area (Å²) in [5.74, 6) is 1.66. The van der Waals surface area contributed by atoms with Gasteiger partial charge in [-0.05, 0) is 18.8 Å². The van der Waals surface area contributed by atoms with Crippen LogP contribution in [0.1, 0.15) is 40.5 Å². The van der Waals surface area contributed by atoms with Crippen molar-refractivity contribution in [1.82, 2.24) is 9.97 Å². The number of hydrogen-bond donors (Lipinski definition) is 3. The van der Waals surface area contributed by atoms with E-state index in [4.69, 9.17) is 5.73 Å². The average Bonchev–Trinajstić information content (AvgIpc) is 2.35. The first-order chi connectivity index (χ1) is 8.93. The van der Waals surface area contributed by atoms with Crippen LogP contribution in [0.15, 0.2) is 12.4 Å². The highest BCUT2D eigenvalue weighted by atomic mass is 15.1. The van der Waals surface area contributed by atoms with Gasteiger partial charge in [-0.3, -0.25) is 0 Å². The van der Waals surface area contributed by atoms with E-state index in [2.05, 4.69) is 41.4 Å². The molecular weight excluding hydrogens is 238 g/mol. The molecule has 108 valence electrons. The summed E-state index contributed by atoms with van der Waals surface area (Å²) in [5, 5.41) is 6.57. The van der Waals surface area contributed by atoms with Crippen LogP contribution in [-0.4, -0.2) is 29.1 Å². The zero-order chi connectivity index (χ0) is 14.3. The number of nitrogens with zero attached hydrogens (tertiary/aromatic N) is 2. The van der Waals surface area contributed by atoms with Crippen molar-refractivity contribution in [3.05, 3.63) is 12.4 Å². The van der Waals surface area contributed by atoms with Gasteiger partial charge in [0, 0.05) is 25.2 Å². The largest absolute Gasteiger partial charge is 0.369 e. The first kappa shape index (κ1) is 15.7. The van der Waals surface area contributed by atoms with E-state index in [-0.39, 0.29) is 11.5 Å². The molecule has 0 saturated heterocycles. The third-order valence-corrected chi connectivity index (χ3v) is 2.95. The Bertz CT molecular complexity index is 376. The summed E-state index contributed by atoms with van der Waals surface area (Å²) in [7, 11) is 0. The normalized spacial score (nSPS) is 13.1. The third-order valence-electron chi connectivity index (χ3n) is 2.95. The second kappa shape index (κ2) is 7.28. The molecule has 0 amide bonds.